The van der Waals surface area contributed by atoms with E-state index in [9.17, 15) is 0 Å². The number of benzene rings is 1. The highest BCUT2D eigenvalue weighted by atomic mass is 15.2. The highest BCUT2D eigenvalue weighted by molar-refractivity contribution is 5.96. The average Bonchev–Trinajstić information content (AvgIpc) is 2.30. The lowest BCUT2D eigenvalue weighted by Gasteiger charge is -2.28. The Bertz CT molecular complexity index is 302. The molecule has 1 aromatic carbocycles. The Kier molecular flexibility index (Phi) is 4.35. The van der Waals surface area contributed by atoms with Crippen molar-refractivity contribution in [2.75, 3.05) is 7.05 Å². The first-order chi connectivity index (χ1) is 7.20. The minimum atomic E-state index is 0.470. The third-order valence-corrected chi connectivity index (χ3v) is 2.89. The van der Waals surface area contributed by atoms with Gasteiger partial charge in [-0.05, 0) is 12.8 Å². The Morgan fingerprint density at radius 2 is 1.73 bits per heavy atom. The summed E-state index contributed by atoms with van der Waals surface area (Å²) in [5.74, 6) is 0.615. The van der Waals surface area contributed by atoms with Crippen molar-refractivity contribution in [1.82, 2.24) is 4.90 Å². The molecule has 0 bridgehead atoms. The van der Waals surface area contributed by atoms with Crippen LogP contribution in [0.1, 0.15) is 32.3 Å². The second-order valence-corrected chi connectivity index (χ2v) is 3.80. The SMILES string of the molecule is CCC(CC)N(C)C(=N)c1ccccc1. The molecular weight excluding hydrogens is 184 g/mol. The molecule has 2 heteroatoms. The van der Waals surface area contributed by atoms with Crippen LogP contribution < -0.4 is 0 Å². The third kappa shape index (κ3) is 2.82. The van der Waals surface area contributed by atoms with Crippen LogP contribution in [0, 0.1) is 5.41 Å². The van der Waals surface area contributed by atoms with Gasteiger partial charge in [0.15, 0.2) is 0 Å². The van der Waals surface area contributed by atoms with E-state index in [2.05, 4.69) is 18.7 Å². The molecule has 1 N–H and O–H groups in total. The zero-order chi connectivity index (χ0) is 11.3. The lowest BCUT2D eigenvalue weighted by Crippen LogP contribution is -2.36. The molecule has 0 saturated heterocycles. The van der Waals surface area contributed by atoms with Gasteiger partial charge in [-0.15, -0.1) is 0 Å². The molecule has 0 unspecified atom stereocenters. The lowest BCUT2D eigenvalue weighted by atomic mass is 10.1. The van der Waals surface area contributed by atoms with E-state index in [1.165, 1.54) is 0 Å². The predicted octanol–water partition coefficient (Wildman–Crippen LogP) is 3.13. The second-order valence-electron chi connectivity index (χ2n) is 3.80. The standard InChI is InChI=1S/C13H20N2/c1-4-12(5-2)15(3)13(14)11-9-7-6-8-10-11/h6-10,12,14H,4-5H2,1-3H3. The molecular formula is C13H20N2. The fourth-order valence-corrected chi connectivity index (χ4v) is 1.82. The fourth-order valence-electron chi connectivity index (χ4n) is 1.82. The number of hydrogen-bond acceptors (Lipinski definition) is 1. The van der Waals surface area contributed by atoms with Crippen molar-refractivity contribution in [2.45, 2.75) is 32.7 Å². The van der Waals surface area contributed by atoms with Crippen LogP contribution in [-0.4, -0.2) is 23.8 Å². The van der Waals surface area contributed by atoms with Gasteiger partial charge in [0.1, 0.15) is 5.84 Å². The van der Waals surface area contributed by atoms with Crippen molar-refractivity contribution in [3.63, 3.8) is 0 Å². The van der Waals surface area contributed by atoms with E-state index >= 15 is 0 Å². The molecule has 0 radical (unpaired) electrons. The molecule has 0 aliphatic rings. The summed E-state index contributed by atoms with van der Waals surface area (Å²) in [5.41, 5.74) is 0.993. The molecule has 1 aromatic rings. The number of hydrogen-bond donors (Lipinski definition) is 1. The maximum atomic E-state index is 8.10. The van der Waals surface area contributed by atoms with Crippen molar-refractivity contribution >= 4 is 5.84 Å². The Labute approximate surface area is 92.4 Å². The minimum absolute atomic E-state index is 0.470. The second kappa shape index (κ2) is 5.54. The van der Waals surface area contributed by atoms with Gasteiger partial charge in [-0.25, -0.2) is 0 Å². The Hall–Kier alpha value is -1.31. The molecule has 0 aliphatic heterocycles. The molecule has 0 amide bonds. The molecule has 2 nitrogen and oxygen atoms in total. The average molecular weight is 204 g/mol. The molecule has 0 atom stereocenters. The summed E-state index contributed by atoms with van der Waals surface area (Å²) < 4.78 is 0. The van der Waals surface area contributed by atoms with E-state index in [1.54, 1.807) is 0 Å². The van der Waals surface area contributed by atoms with Crippen molar-refractivity contribution in [3.8, 4) is 0 Å². The summed E-state index contributed by atoms with van der Waals surface area (Å²) in [5, 5.41) is 8.10. The Morgan fingerprint density at radius 1 is 1.20 bits per heavy atom. The van der Waals surface area contributed by atoms with Crippen LogP contribution in [0.25, 0.3) is 0 Å². The van der Waals surface area contributed by atoms with Gasteiger partial charge in [-0.3, -0.25) is 5.41 Å². The van der Waals surface area contributed by atoms with Gasteiger partial charge < -0.3 is 4.90 Å². The normalized spacial score (nSPS) is 10.4. The quantitative estimate of drug-likeness (QED) is 0.592. The summed E-state index contributed by atoms with van der Waals surface area (Å²) in [6.45, 7) is 4.34. The third-order valence-electron chi connectivity index (χ3n) is 2.89. The molecule has 0 aliphatic carbocycles. The maximum Gasteiger partial charge on any atom is 0.128 e. The topological polar surface area (TPSA) is 27.1 Å². The largest absolute Gasteiger partial charge is 0.357 e. The van der Waals surface area contributed by atoms with Gasteiger partial charge in [0.05, 0.1) is 0 Å². The van der Waals surface area contributed by atoms with Crippen LogP contribution >= 0.6 is 0 Å². The van der Waals surface area contributed by atoms with Crippen LogP contribution in [0.4, 0.5) is 0 Å². The zero-order valence-electron chi connectivity index (χ0n) is 9.83. The van der Waals surface area contributed by atoms with E-state index < -0.39 is 0 Å². The Balaban J connectivity index is 2.77. The summed E-state index contributed by atoms with van der Waals surface area (Å²) in [6, 6.07) is 10.4. The van der Waals surface area contributed by atoms with E-state index in [0.717, 1.165) is 18.4 Å². The van der Waals surface area contributed by atoms with E-state index in [1.807, 2.05) is 37.4 Å². The zero-order valence-corrected chi connectivity index (χ0v) is 9.83. The number of nitrogens with zero attached hydrogens (tertiary/aromatic N) is 1. The van der Waals surface area contributed by atoms with E-state index in [0.29, 0.717) is 11.9 Å². The first-order valence-electron chi connectivity index (χ1n) is 5.57. The minimum Gasteiger partial charge on any atom is -0.357 e. The molecule has 1 rings (SSSR count). The van der Waals surface area contributed by atoms with E-state index in [4.69, 9.17) is 5.41 Å². The van der Waals surface area contributed by atoms with Crippen molar-refractivity contribution in [3.05, 3.63) is 35.9 Å². The molecule has 0 aromatic heterocycles. The van der Waals surface area contributed by atoms with Crippen molar-refractivity contribution in [2.24, 2.45) is 0 Å². The summed E-state index contributed by atoms with van der Waals surface area (Å²) >= 11 is 0. The Morgan fingerprint density at radius 3 is 2.20 bits per heavy atom. The van der Waals surface area contributed by atoms with Crippen LogP contribution in [-0.2, 0) is 0 Å². The van der Waals surface area contributed by atoms with Crippen LogP contribution in [0.3, 0.4) is 0 Å². The molecule has 0 saturated carbocycles. The number of nitrogens with one attached hydrogen (secondary N) is 1. The highest BCUT2D eigenvalue weighted by Crippen LogP contribution is 2.10. The van der Waals surface area contributed by atoms with Gasteiger partial charge in [-0.2, -0.15) is 0 Å². The smallest absolute Gasteiger partial charge is 0.128 e. The monoisotopic (exact) mass is 204 g/mol. The van der Waals surface area contributed by atoms with Gasteiger partial charge in [-0.1, -0.05) is 44.2 Å². The van der Waals surface area contributed by atoms with Gasteiger partial charge in [0, 0.05) is 18.7 Å². The van der Waals surface area contributed by atoms with Crippen molar-refractivity contribution < 1.29 is 0 Å². The number of amidine groups is 1. The number of rotatable bonds is 4. The van der Waals surface area contributed by atoms with Crippen LogP contribution in [0.5, 0.6) is 0 Å². The summed E-state index contributed by atoms with van der Waals surface area (Å²) in [7, 11) is 2.01. The van der Waals surface area contributed by atoms with Crippen molar-refractivity contribution in [1.29, 1.82) is 5.41 Å². The highest BCUT2D eigenvalue weighted by Gasteiger charge is 2.14. The molecule has 0 heterocycles. The van der Waals surface area contributed by atoms with Crippen LogP contribution in [0.15, 0.2) is 30.3 Å². The summed E-state index contributed by atoms with van der Waals surface area (Å²) in [4.78, 5) is 2.06. The fraction of sp³-hybridized carbons (Fsp3) is 0.462. The van der Waals surface area contributed by atoms with Gasteiger partial charge >= 0.3 is 0 Å². The van der Waals surface area contributed by atoms with Gasteiger partial charge in [0.2, 0.25) is 0 Å². The molecule has 82 valence electrons. The lowest BCUT2D eigenvalue weighted by molar-refractivity contribution is 0.344. The molecule has 0 fully saturated rings. The first kappa shape index (κ1) is 11.8. The van der Waals surface area contributed by atoms with E-state index in [-0.39, 0.29) is 0 Å². The first-order valence-corrected chi connectivity index (χ1v) is 5.57. The van der Waals surface area contributed by atoms with Gasteiger partial charge in [0.25, 0.3) is 0 Å². The predicted molar refractivity (Wildman–Crippen MR) is 65.4 cm³/mol. The maximum absolute atomic E-state index is 8.10. The molecule has 0 spiro atoms. The summed E-state index contributed by atoms with van der Waals surface area (Å²) in [6.07, 6.45) is 2.17. The van der Waals surface area contributed by atoms with Crippen LogP contribution in [0.2, 0.25) is 0 Å². The molecule has 15 heavy (non-hydrogen) atoms.